The van der Waals surface area contributed by atoms with E-state index in [0.29, 0.717) is 0 Å². The molecular weight excluding hydrogens is 510 g/mol. The molecule has 0 bridgehead atoms. The number of anilines is 2. The zero-order chi connectivity index (χ0) is 28.0. The zero-order valence-electron chi connectivity index (χ0n) is 22.3. The van der Waals surface area contributed by atoms with Crippen molar-refractivity contribution in [2.75, 3.05) is 24.3 Å². The van der Waals surface area contributed by atoms with E-state index in [0.717, 1.165) is 51.8 Å². The van der Waals surface area contributed by atoms with Crippen molar-refractivity contribution in [3.63, 3.8) is 0 Å². The Morgan fingerprint density at radius 2 is 1.73 bits per heavy atom. The van der Waals surface area contributed by atoms with Crippen molar-refractivity contribution in [1.29, 1.82) is 0 Å². The Labute approximate surface area is 230 Å². The summed E-state index contributed by atoms with van der Waals surface area (Å²) in [6.07, 6.45) is 1.97. The SMILES string of the molecule is Cc1nn(-c2ccccc2)c2c1CN(C(=O)Nc1ccc(F)cc1F)[C@H](c1ccc(N(C)C)cc1)c1cccn1-2. The fourth-order valence-corrected chi connectivity index (χ4v) is 5.23. The van der Waals surface area contributed by atoms with Crippen molar-refractivity contribution in [3.05, 3.63) is 125 Å². The van der Waals surface area contributed by atoms with E-state index >= 15 is 0 Å². The highest BCUT2D eigenvalue weighted by Gasteiger charge is 2.36. The van der Waals surface area contributed by atoms with Crippen molar-refractivity contribution in [2.45, 2.75) is 19.5 Å². The number of urea groups is 1. The molecule has 6 rings (SSSR count). The predicted molar refractivity (Wildman–Crippen MR) is 151 cm³/mol. The molecule has 0 spiro atoms. The minimum Gasteiger partial charge on any atom is -0.378 e. The molecule has 0 saturated heterocycles. The second-order valence-corrected chi connectivity index (χ2v) is 10.0. The van der Waals surface area contributed by atoms with E-state index in [-0.39, 0.29) is 12.2 Å². The zero-order valence-corrected chi connectivity index (χ0v) is 22.3. The van der Waals surface area contributed by atoms with Gasteiger partial charge in [-0.15, -0.1) is 0 Å². The first kappa shape index (κ1) is 25.4. The van der Waals surface area contributed by atoms with Crippen LogP contribution in [0.25, 0.3) is 11.5 Å². The van der Waals surface area contributed by atoms with E-state index in [4.69, 9.17) is 5.10 Å². The van der Waals surface area contributed by atoms with Crippen LogP contribution < -0.4 is 10.2 Å². The van der Waals surface area contributed by atoms with Crippen LogP contribution in [0.1, 0.15) is 28.6 Å². The predicted octanol–water partition coefficient (Wildman–Crippen LogP) is 6.45. The summed E-state index contributed by atoms with van der Waals surface area (Å²) in [5.41, 5.74) is 5.20. The summed E-state index contributed by atoms with van der Waals surface area (Å²) >= 11 is 0. The van der Waals surface area contributed by atoms with E-state index in [1.807, 2.05) is 104 Å². The molecule has 5 aromatic rings. The smallest absolute Gasteiger partial charge is 0.323 e. The van der Waals surface area contributed by atoms with Gasteiger partial charge in [0, 0.05) is 37.6 Å². The van der Waals surface area contributed by atoms with E-state index in [9.17, 15) is 13.6 Å². The van der Waals surface area contributed by atoms with Crippen molar-refractivity contribution in [2.24, 2.45) is 0 Å². The van der Waals surface area contributed by atoms with Crippen LogP contribution in [0.5, 0.6) is 0 Å². The monoisotopic (exact) mass is 538 g/mol. The van der Waals surface area contributed by atoms with Crippen LogP contribution in [-0.2, 0) is 6.54 Å². The molecule has 2 amide bonds. The number of amides is 2. The second kappa shape index (κ2) is 10.00. The summed E-state index contributed by atoms with van der Waals surface area (Å²) < 4.78 is 32.1. The highest BCUT2D eigenvalue weighted by atomic mass is 19.1. The first-order valence-corrected chi connectivity index (χ1v) is 12.9. The molecule has 0 saturated carbocycles. The topological polar surface area (TPSA) is 58.3 Å². The minimum absolute atomic E-state index is 0.0929. The molecule has 202 valence electrons. The first-order chi connectivity index (χ1) is 19.3. The number of carbonyl (C=O) groups excluding carboxylic acids is 1. The maximum Gasteiger partial charge on any atom is 0.323 e. The Morgan fingerprint density at radius 3 is 2.42 bits per heavy atom. The van der Waals surface area contributed by atoms with Crippen LogP contribution in [0.2, 0.25) is 0 Å². The van der Waals surface area contributed by atoms with Crippen molar-refractivity contribution in [3.8, 4) is 11.5 Å². The lowest BCUT2D eigenvalue weighted by Gasteiger charge is -2.31. The number of carbonyl (C=O) groups is 1. The van der Waals surface area contributed by atoms with E-state index in [2.05, 4.69) is 9.88 Å². The summed E-state index contributed by atoms with van der Waals surface area (Å²) in [5, 5.41) is 7.52. The van der Waals surface area contributed by atoms with Gasteiger partial charge in [-0.1, -0.05) is 30.3 Å². The molecule has 0 aliphatic carbocycles. The van der Waals surface area contributed by atoms with Crippen LogP contribution in [0.3, 0.4) is 0 Å². The summed E-state index contributed by atoms with van der Waals surface area (Å²) in [5.74, 6) is -0.718. The van der Waals surface area contributed by atoms with Gasteiger partial charge in [-0.3, -0.25) is 0 Å². The minimum atomic E-state index is -0.841. The normalized spacial score (nSPS) is 14.3. The molecule has 1 N–H and O–H groups in total. The molecule has 0 fully saturated rings. The highest BCUT2D eigenvalue weighted by molar-refractivity contribution is 5.90. The summed E-state index contributed by atoms with van der Waals surface area (Å²) in [7, 11) is 3.94. The molecule has 7 nitrogen and oxygen atoms in total. The molecule has 9 heteroatoms. The Balaban J connectivity index is 1.52. The third kappa shape index (κ3) is 4.39. The van der Waals surface area contributed by atoms with Gasteiger partial charge in [0.2, 0.25) is 0 Å². The quantitative estimate of drug-likeness (QED) is 0.286. The number of nitrogens with one attached hydrogen (secondary N) is 1. The molecule has 2 aromatic heterocycles. The molecule has 1 atom stereocenters. The highest BCUT2D eigenvalue weighted by Crippen LogP contribution is 2.39. The molecule has 1 aliphatic rings. The first-order valence-electron chi connectivity index (χ1n) is 12.9. The number of nitrogens with zero attached hydrogens (tertiary/aromatic N) is 5. The van der Waals surface area contributed by atoms with Crippen LogP contribution in [-0.4, -0.2) is 39.4 Å². The van der Waals surface area contributed by atoms with Gasteiger partial charge in [-0.25, -0.2) is 18.3 Å². The lowest BCUT2D eigenvalue weighted by atomic mass is 10.0. The fourth-order valence-electron chi connectivity index (χ4n) is 5.23. The summed E-state index contributed by atoms with van der Waals surface area (Å²) in [4.78, 5) is 17.6. The Bertz CT molecular complexity index is 1690. The standard InChI is InChI=1S/C31H28F2N6O/c1-20-25-19-38(31(40)34-27-16-13-22(32)18-26(27)33)29(21-11-14-23(15-12-21)36(2)3)28-10-7-17-37(28)30(25)39(35-20)24-8-5-4-6-9-24/h4-18,29H,19H2,1-3H3,(H,34,40)/t29-/m1/s1. The molecule has 40 heavy (non-hydrogen) atoms. The molecule has 3 heterocycles. The average molecular weight is 539 g/mol. The van der Waals surface area contributed by atoms with Crippen LogP contribution in [0.15, 0.2) is 91.1 Å². The summed E-state index contributed by atoms with van der Waals surface area (Å²) in [6.45, 7) is 2.13. The van der Waals surface area contributed by atoms with Gasteiger partial charge in [-0.2, -0.15) is 5.10 Å². The Morgan fingerprint density at radius 1 is 0.975 bits per heavy atom. The molecule has 0 unspecified atom stereocenters. The Hall–Kier alpha value is -4.92. The van der Waals surface area contributed by atoms with E-state index in [1.165, 1.54) is 6.07 Å². The van der Waals surface area contributed by atoms with Gasteiger partial charge in [0.1, 0.15) is 17.5 Å². The van der Waals surface area contributed by atoms with E-state index < -0.39 is 23.7 Å². The van der Waals surface area contributed by atoms with Crippen molar-refractivity contribution >= 4 is 17.4 Å². The third-order valence-electron chi connectivity index (χ3n) is 7.25. The van der Waals surface area contributed by atoms with Gasteiger partial charge in [0.15, 0.2) is 0 Å². The van der Waals surface area contributed by atoms with Gasteiger partial charge in [-0.05, 0) is 61.0 Å². The fraction of sp³-hybridized carbons (Fsp3) is 0.161. The lowest BCUT2D eigenvalue weighted by molar-refractivity contribution is 0.194. The largest absolute Gasteiger partial charge is 0.378 e. The molecule has 3 aromatic carbocycles. The number of para-hydroxylation sites is 1. The average Bonchev–Trinajstić information content (AvgIpc) is 3.51. The number of fused-ring (bicyclic) bond motifs is 3. The second-order valence-electron chi connectivity index (χ2n) is 10.0. The molecular formula is C31H28F2N6O. The number of benzene rings is 3. The molecule has 1 aliphatic heterocycles. The lowest BCUT2D eigenvalue weighted by Crippen LogP contribution is -2.38. The summed E-state index contributed by atoms with van der Waals surface area (Å²) in [6, 6.07) is 23.9. The maximum atomic E-state index is 14.6. The van der Waals surface area contributed by atoms with Crippen LogP contribution in [0.4, 0.5) is 25.0 Å². The third-order valence-corrected chi connectivity index (χ3v) is 7.25. The van der Waals surface area contributed by atoms with Gasteiger partial charge in [0.05, 0.1) is 35.3 Å². The van der Waals surface area contributed by atoms with E-state index in [1.54, 1.807) is 4.90 Å². The number of aryl methyl sites for hydroxylation is 1. The van der Waals surface area contributed by atoms with Crippen molar-refractivity contribution in [1.82, 2.24) is 19.2 Å². The molecule has 0 radical (unpaired) electrons. The van der Waals surface area contributed by atoms with Gasteiger partial charge < -0.3 is 19.7 Å². The number of aromatic nitrogens is 3. The maximum absolute atomic E-state index is 14.6. The van der Waals surface area contributed by atoms with Gasteiger partial charge >= 0.3 is 6.03 Å². The number of hydrogen-bond acceptors (Lipinski definition) is 3. The number of hydrogen-bond donors (Lipinski definition) is 1. The van der Waals surface area contributed by atoms with Crippen LogP contribution >= 0.6 is 0 Å². The number of rotatable bonds is 4. The van der Waals surface area contributed by atoms with Crippen LogP contribution in [0, 0.1) is 18.6 Å². The Kier molecular flexibility index (Phi) is 6.34. The van der Waals surface area contributed by atoms with Crippen molar-refractivity contribution < 1.29 is 13.6 Å². The van der Waals surface area contributed by atoms with Gasteiger partial charge in [0.25, 0.3) is 0 Å². The number of halogens is 2.